The van der Waals surface area contributed by atoms with Crippen LogP contribution < -0.4 is 4.73 Å². The predicted octanol–water partition coefficient (Wildman–Crippen LogP) is -0.582. The van der Waals surface area contributed by atoms with Gasteiger partial charge in [-0.25, -0.2) is 4.98 Å². The largest absolute Gasteiger partial charge is 3.00 e. The van der Waals surface area contributed by atoms with Crippen molar-refractivity contribution in [3.05, 3.63) is 23.8 Å². The second kappa shape index (κ2) is 3.27. The van der Waals surface area contributed by atoms with Crippen LogP contribution in [0.5, 0.6) is 5.88 Å². The molecule has 1 radical (unpaired) electrons. The zero-order valence-corrected chi connectivity index (χ0v) is 5.44. The zero-order chi connectivity index (χ0) is 5.98. The van der Waals surface area contributed by atoms with Gasteiger partial charge in [-0.1, -0.05) is 0 Å². The van der Waals surface area contributed by atoms with Crippen molar-refractivity contribution in [1.29, 1.82) is 0 Å². The third-order valence-corrected chi connectivity index (χ3v) is 0.704. The van der Waals surface area contributed by atoms with Crippen molar-refractivity contribution in [2.45, 2.75) is 0 Å². The fraction of sp³-hybridized carbons (Fsp3) is 0. The molecule has 9 heavy (non-hydrogen) atoms. The van der Waals surface area contributed by atoms with Crippen molar-refractivity contribution < 1.29 is 26.9 Å². The molecule has 1 heterocycles. The van der Waals surface area contributed by atoms with Crippen LogP contribution in [-0.4, -0.2) is 10.1 Å². The van der Waals surface area contributed by atoms with Gasteiger partial charge in [-0.3, -0.25) is 0 Å². The molecule has 1 aromatic rings. The fourth-order valence-electron chi connectivity index (χ4n) is 0.342. The molecule has 0 saturated carbocycles. The Hall–Kier alpha value is -0.801. The van der Waals surface area contributed by atoms with Crippen molar-refractivity contribution in [3.63, 3.8) is 0 Å². The molecule has 0 amide bonds. The van der Waals surface area contributed by atoms with Gasteiger partial charge in [-0.2, -0.15) is 0 Å². The van der Waals surface area contributed by atoms with Gasteiger partial charge in [0.25, 0.3) is 0 Å². The van der Waals surface area contributed by atoms with Crippen LogP contribution in [0.4, 0.5) is 0 Å². The Morgan fingerprint density at radius 1 is 1.67 bits per heavy atom. The summed E-state index contributed by atoms with van der Waals surface area (Å²) in [5.41, 5.74) is 0. The maximum Gasteiger partial charge on any atom is 3.00 e. The van der Waals surface area contributed by atoms with Gasteiger partial charge in [0.15, 0.2) is 0 Å². The van der Waals surface area contributed by atoms with Crippen LogP contribution in [0.25, 0.3) is 0 Å². The first kappa shape index (κ1) is 8.20. The molecule has 0 aromatic carbocycles. The number of aromatic nitrogens is 2. The topological polar surface area (TPSA) is 60.1 Å². The van der Waals surface area contributed by atoms with E-state index in [9.17, 15) is 5.21 Å². The molecule has 1 N–H and O–H groups in total. The number of rotatable bonds is 0. The first-order valence-corrected chi connectivity index (χ1v) is 2.03. The summed E-state index contributed by atoms with van der Waals surface area (Å²) in [6.45, 7) is 0. The summed E-state index contributed by atoms with van der Waals surface area (Å²) in [6.07, 6.45) is 3.50. The van der Waals surface area contributed by atoms with Crippen LogP contribution in [0.2, 0.25) is 0 Å². The van der Waals surface area contributed by atoms with Crippen LogP contribution in [0, 0.1) is 5.21 Å². The van der Waals surface area contributed by atoms with E-state index in [0.717, 1.165) is 12.4 Å². The van der Waals surface area contributed by atoms with E-state index in [1.165, 1.54) is 6.20 Å². The summed E-state index contributed by atoms with van der Waals surface area (Å²) in [5, 5.41) is 18.8. The molecule has 1 aromatic heterocycles. The molecule has 0 saturated heterocycles. The monoisotopic (exact) mass is 168 g/mol. The minimum absolute atomic E-state index is 0. The van der Waals surface area contributed by atoms with Crippen LogP contribution in [-0.2, 0) is 17.1 Å². The van der Waals surface area contributed by atoms with E-state index < -0.39 is 0 Å². The summed E-state index contributed by atoms with van der Waals surface area (Å²) in [7, 11) is 0. The molecule has 1 rings (SSSR count). The summed E-state index contributed by atoms with van der Waals surface area (Å²) in [5.74, 6) is -0.382. The smallest absolute Gasteiger partial charge is 0.616 e. The number of nitrogens with zero attached hydrogens (tertiary/aromatic N) is 2. The minimum Gasteiger partial charge on any atom is -0.616 e. The third kappa shape index (κ3) is 1.87. The Morgan fingerprint density at radius 3 is 2.67 bits per heavy atom. The van der Waals surface area contributed by atoms with Crippen LogP contribution in [0.1, 0.15) is 0 Å². The molecule has 4 nitrogen and oxygen atoms in total. The first-order chi connectivity index (χ1) is 3.80. The van der Waals surface area contributed by atoms with E-state index in [-0.39, 0.29) is 22.9 Å². The van der Waals surface area contributed by atoms with E-state index in [4.69, 9.17) is 5.11 Å². The zero-order valence-electron chi connectivity index (χ0n) is 4.34. The molecule has 0 fully saturated rings. The van der Waals surface area contributed by atoms with Crippen LogP contribution in [0.15, 0.2) is 18.6 Å². The molecule has 0 bridgehead atoms. The van der Waals surface area contributed by atoms with Crippen LogP contribution >= 0.6 is 0 Å². The van der Waals surface area contributed by atoms with Gasteiger partial charge in [-0.05, 0) is 0 Å². The van der Waals surface area contributed by atoms with E-state index in [1.54, 1.807) is 0 Å². The Morgan fingerprint density at radius 2 is 2.33 bits per heavy atom. The van der Waals surface area contributed by atoms with Gasteiger partial charge >= 0.3 is 22.9 Å². The standard InChI is InChI=1S/C4H4N2O2.Fe/c7-4-3-5-1-2-6(4)8;/h1-3,7H;/q;+3. The average Bonchev–Trinajstić information content (AvgIpc) is 1.77. The molecule has 0 unspecified atom stereocenters. The predicted molar refractivity (Wildman–Crippen MR) is 24.9 cm³/mol. The van der Waals surface area contributed by atoms with Gasteiger partial charge in [-0.15, -0.1) is 4.73 Å². The van der Waals surface area contributed by atoms with E-state index >= 15 is 0 Å². The van der Waals surface area contributed by atoms with Gasteiger partial charge in [0.2, 0.25) is 6.20 Å². The maximum atomic E-state index is 10.2. The van der Waals surface area contributed by atoms with Crippen molar-refractivity contribution in [3.8, 4) is 5.88 Å². The third-order valence-electron chi connectivity index (χ3n) is 0.704. The average molecular weight is 168 g/mol. The maximum absolute atomic E-state index is 10.2. The molecular weight excluding hydrogens is 164 g/mol. The Bertz CT molecular complexity index is 173. The quantitative estimate of drug-likeness (QED) is 0.320. The minimum atomic E-state index is -0.382. The second-order valence-electron chi connectivity index (χ2n) is 1.26. The normalized spacial score (nSPS) is 8.00. The van der Waals surface area contributed by atoms with Crippen molar-refractivity contribution >= 4 is 0 Å². The summed E-state index contributed by atoms with van der Waals surface area (Å²) < 4.78 is 0.326. The van der Waals surface area contributed by atoms with Crippen LogP contribution in [0.3, 0.4) is 0 Å². The number of aromatic hydroxyl groups is 1. The molecule has 47 valence electrons. The first-order valence-electron chi connectivity index (χ1n) is 2.03. The summed E-state index contributed by atoms with van der Waals surface area (Å²) >= 11 is 0. The Kier molecular flexibility index (Phi) is 2.98. The molecular formula is C4H4FeN2O2+3. The molecule has 0 aliphatic rings. The SMILES string of the molecule is [Fe+3].[O-][n+]1ccncc1O. The van der Waals surface area contributed by atoms with Crippen molar-refractivity contribution in [2.75, 3.05) is 0 Å². The molecule has 0 atom stereocenters. The van der Waals surface area contributed by atoms with Crippen molar-refractivity contribution in [2.24, 2.45) is 0 Å². The van der Waals surface area contributed by atoms with E-state index in [1.807, 2.05) is 0 Å². The summed E-state index contributed by atoms with van der Waals surface area (Å²) in [6, 6.07) is 0. The van der Waals surface area contributed by atoms with Gasteiger partial charge in [0.05, 0.1) is 6.20 Å². The summed E-state index contributed by atoms with van der Waals surface area (Å²) in [4.78, 5) is 3.47. The molecule has 5 heteroatoms. The Labute approximate surface area is 62.2 Å². The second-order valence-corrected chi connectivity index (χ2v) is 1.26. The molecule has 0 spiro atoms. The Balaban J connectivity index is 0.000000640. The van der Waals surface area contributed by atoms with E-state index in [0.29, 0.717) is 4.73 Å². The number of hydrogen-bond acceptors (Lipinski definition) is 3. The van der Waals surface area contributed by atoms with Crippen molar-refractivity contribution in [1.82, 2.24) is 4.98 Å². The van der Waals surface area contributed by atoms with Gasteiger partial charge in [0, 0.05) is 0 Å². The van der Waals surface area contributed by atoms with E-state index in [2.05, 4.69) is 4.98 Å². The van der Waals surface area contributed by atoms with Gasteiger partial charge in [0.1, 0.15) is 6.20 Å². The fourth-order valence-corrected chi connectivity index (χ4v) is 0.342. The molecule has 0 aliphatic heterocycles. The van der Waals surface area contributed by atoms with Gasteiger partial charge < -0.3 is 10.3 Å². The molecule has 0 aliphatic carbocycles. The number of hydrogen-bond donors (Lipinski definition) is 1.